The highest BCUT2D eigenvalue weighted by Crippen LogP contribution is 2.33. The number of amides is 1. The zero-order valence-corrected chi connectivity index (χ0v) is 16.6. The summed E-state index contributed by atoms with van der Waals surface area (Å²) in [6.45, 7) is 2.67. The number of morpholine rings is 1. The Labute approximate surface area is 166 Å². The van der Waals surface area contributed by atoms with Crippen LogP contribution in [0.5, 0.6) is 5.75 Å². The Hall–Kier alpha value is -2.37. The maximum absolute atomic E-state index is 13.5. The number of rotatable bonds is 4. The van der Waals surface area contributed by atoms with Crippen molar-refractivity contribution in [3.8, 4) is 5.75 Å². The summed E-state index contributed by atoms with van der Waals surface area (Å²) in [6.07, 6.45) is 1.90. The quantitative estimate of drug-likeness (QED) is 0.817. The van der Waals surface area contributed by atoms with Gasteiger partial charge in [-0.3, -0.25) is 4.79 Å². The van der Waals surface area contributed by atoms with E-state index in [1.54, 1.807) is 0 Å². The fourth-order valence-corrected chi connectivity index (χ4v) is 4.18. The Bertz CT molecular complexity index is 822. The lowest BCUT2D eigenvalue weighted by Gasteiger charge is -2.42. The van der Waals surface area contributed by atoms with Crippen molar-refractivity contribution < 1.29 is 14.3 Å². The van der Waals surface area contributed by atoms with E-state index in [0.29, 0.717) is 13.2 Å². The van der Waals surface area contributed by atoms with E-state index in [0.717, 1.165) is 48.4 Å². The van der Waals surface area contributed by atoms with Crippen molar-refractivity contribution in [3.05, 3.63) is 65.2 Å². The standard InChI is InChI=1S/C23H28N2O3/c1-24(2)16-21-22(17-7-4-3-5-8-17)25(12-14-28-21)23(26)19-10-11-20-18(15-19)9-6-13-27-20/h3-5,7-8,10-11,15,21-22H,6,9,12-14,16H2,1-2H3/t21-,22-/m0/s1. The average Bonchev–Trinajstić information content (AvgIpc) is 2.73. The minimum absolute atomic E-state index is 0.0592. The first-order chi connectivity index (χ1) is 13.6. The molecule has 0 N–H and O–H groups in total. The lowest BCUT2D eigenvalue weighted by Crippen LogP contribution is -2.51. The molecule has 1 fully saturated rings. The summed E-state index contributed by atoms with van der Waals surface area (Å²) in [5.74, 6) is 0.976. The van der Waals surface area contributed by atoms with Crippen LogP contribution in [0.25, 0.3) is 0 Å². The van der Waals surface area contributed by atoms with Crippen LogP contribution in [0.3, 0.4) is 0 Å². The van der Waals surface area contributed by atoms with E-state index in [-0.39, 0.29) is 18.1 Å². The molecule has 0 unspecified atom stereocenters. The molecule has 2 atom stereocenters. The van der Waals surface area contributed by atoms with Crippen molar-refractivity contribution in [1.82, 2.24) is 9.80 Å². The van der Waals surface area contributed by atoms with Crippen LogP contribution in [0.15, 0.2) is 48.5 Å². The summed E-state index contributed by atoms with van der Waals surface area (Å²) in [5, 5.41) is 0. The smallest absolute Gasteiger partial charge is 0.254 e. The largest absolute Gasteiger partial charge is 0.493 e. The summed E-state index contributed by atoms with van der Waals surface area (Å²) in [4.78, 5) is 17.6. The number of carbonyl (C=O) groups is 1. The van der Waals surface area contributed by atoms with Gasteiger partial charge in [-0.1, -0.05) is 30.3 Å². The second-order valence-electron chi connectivity index (χ2n) is 7.80. The molecular weight excluding hydrogens is 352 g/mol. The molecule has 5 nitrogen and oxygen atoms in total. The number of hydrogen-bond acceptors (Lipinski definition) is 4. The second-order valence-corrected chi connectivity index (χ2v) is 7.80. The van der Waals surface area contributed by atoms with E-state index in [2.05, 4.69) is 17.0 Å². The fourth-order valence-electron chi connectivity index (χ4n) is 4.18. The molecule has 148 valence electrons. The topological polar surface area (TPSA) is 42.0 Å². The summed E-state index contributed by atoms with van der Waals surface area (Å²) >= 11 is 0. The van der Waals surface area contributed by atoms with Crippen LogP contribution in [0.2, 0.25) is 0 Å². The third-order valence-electron chi connectivity index (χ3n) is 5.45. The minimum Gasteiger partial charge on any atom is -0.493 e. The zero-order chi connectivity index (χ0) is 19.5. The van der Waals surface area contributed by atoms with E-state index in [4.69, 9.17) is 9.47 Å². The summed E-state index contributed by atoms with van der Waals surface area (Å²) in [6, 6.07) is 16.0. The molecule has 0 saturated carbocycles. The zero-order valence-electron chi connectivity index (χ0n) is 16.6. The monoisotopic (exact) mass is 380 g/mol. The van der Waals surface area contributed by atoms with Crippen LogP contribution in [-0.4, -0.2) is 62.2 Å². The van der Waals surface area contributed by atoms with Gasteiger partial charge in [0, 0.05) is 18.7 Å². The molecule has 4 rings (SSSR count). The molecule has 1 saturated heterocycles. The van der Waals surface area contributed by atoms with E-state index >= 15 is 0 Å². The maximum Gasteiger partial charge on any atom is 0.254 e. The van der Waals surface area contributed by atoms with Gasteiger partial charge in [0.15, 0.2) is 0 Å². The number of hydrogen-bond donors (Lipinski definition) is 0. The Morgan fingerprint density at radius 1 is 1.14 bits per heavy atom. The third-order valence-corrected chi connectivity index (χ3v) is 5.45. The van der Waals surface area contributed by atoms with Crippen LogP contribution < -0.4 is 4.74 Å². The lowest BCUT2D eigenvalue weighted by molar-refractivity contribution is -0.0684. The van der Waals surface area contributed by atoms with Crippen molar-refractivity contribution in [2.45, 2.75) is 25.0 Å². The van der Waals surface area contributed by atoms with Crippen LogP contribution in [-0.2, 0) is 11.2 Å². The van der Waals surface area contributed by atoms with E-state index in [1.807, 2.05) is 55.4 Å². The molecule has 0 aromatic heterocycles. The molecule has 0 spiro atoms. The fraction of sp³-hybridized carbons (Fsp3) is 0.435. The van der Waals surface area contributed by atoms with Gasteiger partial charge in [0.2, 0.25) is 0 Å². The second kappa shape index (κ2) is 8.33. The van der Waals surface area contributed by atoms with Gasteiger partial charge in [-0.15, -0.1) is 0 Å². The number of ether oxygens (including phenoxy) is 2. The summed E-state index contributed by atoms with van der Waals surface area (Å²) in [7, 11) is 4.07. The molecule has 2 aliphatic heterocycles. The summed E-state index contributed by atoms with van der Waals surface area (Å²) < 4.78 is 11.8. The van der Waals surface area contributed by atoms with Crippen LogP contribution >= 0.6 is 0 Å². The van der Waals surface area contributed by atoms with Gasteiger partial charge >= 0.3 is 0 Å². The lowest BCUT2D eigenvalue weighted by atomic mass is 9.96. The molecule has 0 aliphatic carbocycles. The van der Waals surface area contributed by atoms with Crippen molar-refractivity contribution in [2.75, 3.05) is 40.4 Å². The number of fused-ring (bicyclic) bond motifs is 1. The van der Waals surface area contributed by atoms with Gasteiger partial charge < -0.3 is 19.3 Å². The molecule has 2 heterocycles. The number of benzene rings is 2. The third kappa shape index (κ3) is 3.91. The van der Waals surface area contributed by atoms with Crippen molar-refractivity contribution in [2.24, 2.45) is 0 Å². The van der Waals surface area contributed by atoms with Crippen LogP contribution in [0, 0.1) is 0 Å². The molecule has 2 aromatic rings. The van der Waals surface area contributed by atoms with E-state index < -0.39 is 0 Å². The SMILES string of the molecule is CN(C)C[C@@H]1OCCN(C(=O)c2ccc3c(c2)CCCO3)[C@H]1c1ccccc1. The van der Waals surface area contributed by atoms with E-state index in [1.165, 1.54) is 0 Å². The van der Waals surface area contributed by atoms with Gasteiger partial charge in [-0.25, -0.2) is 0 Å². The number of likely N-dealkylation sites (N-methyl/N-ethyl adjacent to an activating group) is 1. The van der Waals surface area contributed by atoms with Crippen molar-refractivity contribution in [1.29, 1.82) is 0 Å². The molecule has 2 aliphatic rings. The van der Waals surface area contributed by atoms with Gasteiger partial charge in [-0.2, -0.15) is 0 Å². The highest BCUT2D eigenvalue weighted by Gasteiger charge is 2.37. The molecule has 1 amide bonds. The minimum atomic E-state index is -0.0999. The van der Waals surface area contributed by atoms with Gasteiger partial charge in [-0.05, 0) is 56.3 Å². The van der Waals surface area contributed by atoms with Crippen molar-refractivity contribution >= 4 is 5.91 Å². The van der Waals surface area contributed by atoms with Gasteiger partial charge in [0.05, 0.1) is 25.4 Å². The molecule has 0 radical (unpaired) electrons. The normalized spacial score (nSPS) is 21.9. The first-order valence-corrected chi connectivity index (χ1v) is 10.0. The molecular formula is C23H28N2O3. The Balaban J connectivity index is 1.66. The van der Waals surface area contributed by atoms with Crippen LogP contribution in [0.1, 0.15) is 33.9 Å². The van der Waals surface area contributed by atoms with Crippen LogP contribution in [0.4, 0.5) is 0 Å². The Morgan fingerprint density at radius 2 is 1.96 bits per heavy atom. The van der Waals surface area contributed by atoms with Gasteiger partial charge in [0.1, 0.15) is 5.75 Å². The highest BCUT2D eigenvalue weighted by molar-refractivity contribution is 5.95. The Kier molecular flexibility index (Phi) is 5.64. The number of nitrogens with zero attached hydrogens (tertiary/aromatic N) is 2. The predicted octanol–water partition coefficient (Wildman–Crippen LogP) is 3.16. The van der Waals surface area contributed by atoms with Crippen molar-refractivity contribution in [3.63, 3.8) is 0 Å². The Morgan fingerprint density at radius 3 is 2.75 bits per heavy atom. The summed E-state index contributed by atoms with van der Waals surface area (Å²) in [5.41, 5.74) is 2.98. The number of aryl methyl sites for hydroxylation is 1. The molecule has 28 heavy (non-hydrogen) atoms. The average molecular weight is 380 g/mol. The number of carbonyl (C=O) groups excluding carboxylic acids is 1. The molecule has 2 aromatic carbocycles. The predicted molar refractivity (Wildman–Crippen MR) is 109 cm³/mol. The van der Waals surface area contributed by atoms with Gasteiger partial charge in [0.25, 0.3) is 5.91 Å². The maximum atomic E-state index is 13.5. The first kappa shape index (κ1) is 19.0. The molecule has 0 bridgehead atoms. The van der Waals surface area contributed by atoms with E-state index in [9.17, 15) is 4.79 Å². The highest BCUT2D eigenvalue weighted by atomic mass is 16.5. The molecule has 5 heteroatoms. The first-order valence-electron chi connectivity index (χ1n) is 10.0.